The number of H-pyrrole nitrogens is 1. The molecule has 2 aromatic rings. The van der Waals surface area contributed by atoms with E-state index in [2.05, 4.69) is 22.4 Å². The summed E-state index contributed by atoms with van der Waals surface area (Å²) in [6, 6.07) is 3.90. The molecule has 0 aromatic carbocycles. The standard InChI is InChI=1S/C13H14ClN3OS2/c1-7(8-5-19-6-8)16-13(18)9-4-15-17-12(9)10-2-3-11(14)20-10/h2-4,7-8H,5-6H2,1H3,(H,15,17)(H,16,18). The molecule has 2 aromatic heterocycles. The number of thioether (sulfide) groups is 1. The number of thiophene rings is 1. The molecule has 1 fully saturated rings. The van der Waals surface area contributed by atoms with Crippen molar-refractivity contribution < 1.29 is 4.79 Å². The molecular weight excluding hydrogens is 314 g/mol. The van der Waals surface area contributed by atoms with Crippen LogP contribution >= 0.6 is 34.7 Å². The average Bonchev–Trinajstić information content (AvgIpc) is 2.93. The van der Waals surface area contributed by atoms with E-state index in [1.807, 2.05) is 23.9 Å². The van der Waals surface area contributed by atoms with E-state index in [4.69, 9.17) is 11.6 Å². The first-order valence-electron chi connectivity index (χ1n) is 6.33. The molecule has 1 saturated heterocycles. The molecule has 3 rings (SSSR count). The van der Waals surface area contributed by atoms with Crippen molar-refractivity contribution >= 4 is 40.6 Å². The molecule has 4 nitrogen and oxygen atoms in total. The van der Waals surface area contributed by atoms with Gasteiger partial charge in [0.05, 0.1) is 26.7 Å². The van der Waals surface area contributed by atoms with Crippen LogP contribution in [0.2, 0.25) is 4.34 Å². The lowest BCUT2D eigenvalue weighted by Crippen LogP contribution is -2.43. The van der Waals surface area contributed by atoms with E-state index in [0.29, 0.717) is 15.8 Å². The van der Waals surface area contributed by atoms with Crippen molar-refractivity contribution in [1.29, 1.82) is 0 Å². The van der Waals surface area contributed by atoms with Crippen molar-refractivity contribution in [1.82, 2.24) is 15.5 Å². The number of rotatable bonds is 4. The number of halogens is 1. The zero-order valence-electron chi connectivity index (χ0n) is 10.9. The first-order chi connectivity index (χ1) is 9.65. The van der Waals surface area contributed by atoms with Crippen molar-refractivity contribution in [2.24, 2.45) is 5.92 Å². The molecule has 106 valence electrons. The third-order valence-electron chi connectivity index (χ3n) is 3.43. The fourth-order valence-corrected chi connectivity index (χ4v) is 4.18. The molecule has 1 atom stereocenters. The highest BCUT2D eigenvalue weighted by Crippen LogP contribution is 2.32. The molecule has 20 heavy (non-hydrogen) atoms. The highest BCUT2D eigenvalue weighted by atomic mass is 35.5. The van der Waals surface area contributed by atoms with Gasteiger partial charge in [-0.1, -0.05) is 11.6 Å². The molecule has 1 unspecified atom stereocenters. The molecule has 0 bridgehead atoms. The molecule has 2 N–H and O–H groups in total. The number of carbonyl (C=O) groups is 1. The minimum absolute atomic E-state index is 0.0809. The summed E-state index contributed by atoms with van der Waals surface area (Å²) < 4.78 is 0.695. The minimum atomic E-state index is -0.0809. The van der Waals surface area contributed by atoms with E-state index in [0.717, 1.165) is 22.1 Å². The highest BCUT2D eigenvalue weighted by molar-refractivity contribution is 8.00. The van der Waals surface area contributed by atoms with Gasteiger partial charge in [-0.05, 0) is 36.5 Å². The number of aromatic nitrogens is 2. The largest absolute Gasteiger partial charge is 0.349 e. The van der Waals surface area contributed by atoms with Gasteiger partial charge in [-0.15, -0.1) is 11.3 Å². The molecule has 1 aliphatic rings. The van der Waals surface area contributed by atoms with Gasteiger partial charge in [0, 0.05) is 6.04 Å². The van der Waals surface area contributed by atoms with E-state index in [9.17, 15) is 4.79 Å². The molecule has 0 spiro atoms. The smallest absolute Gasteiger partial charge is 0.255 e. The Labute approximate surface area is 130 Å². The van der Waals surface area contributed by atoms with Gasteiger partial charge in [-0.3, -0.25) is 9.89 Å². The third-order valence-corrected chi connectivity index (χ3v) is 6.01. The average molecular weight is 328 g/mol. The van der Waals surface area contributed by atoms with Crippen LogP contribution in [0, 0.1) is 5.92 Å². The van der Waals surface area contributed by atoms with Crippen molar-refractivity contribution in [2.75, 3.05) is 11.5 Å². The van der Waals surface area contributed by atoms with Crippen LogP contribution in [-0.2, 0) is 0 Å². The van der Waals surface area contributed by atoms with Gasteiger partial charge in [0.1, 0.15) is 0 Å². The van der Waals surface area contributed by atoms with Crippen molar-refractivity contribution in [3.8, 4) is 10.6 Å². The summed E-state index contributed by atoms with van der Waals surface area (Å²) in [6.07, 6.45) is 1.57. The number of aromatic amines is 1. The zero-order valence-corrected chi connectivity index (χ0v) is 13.2. The van der Waals surface area contributed by atoms with Crippen molar-refractivity contribution in [2.45, 2.75) is 13.0 Å². The summed E-state index contributed by atoms with van der Waals surface area (Å²) >= 11 is 9.29. The first kappa shape index (κ1) is 14.0. The number of amides is 1. The van der Waals surface area contributed by atoms with Gasteiger partial charge < -0.3 is 5.32 Å². The Balaban J connectivity index is 1.76. The molecule has 3 heterocycles. The second-order valence-corrected chi connectivity index (χ2v) is 7.61. The maximum atomic E-state index is 12.4. The monoisotopic (exact) mass is 327 g/mol. The fraction of sp³-hybridized carbons (Fsp3) is 0.385. The summed E-state index contributed by atoms with van der Waals surface area (Å²) in [5, 5.41) is 9.93. The van der Waals surface area contributed by atoms with Gasteiger partial charge in [0.15, 0.2) is 0 Å². The van der Waals surface area contributed by atoms with Crippen LogP contribution in [-0.4, -0.2) is 33.7 Å². The summed E-state index contributed by atoms with van der Waals surface area (Å²) in [5.41, 5.74) is 1.30. The molecule has 1 aliphatic heterocycles. The Morgan fingerprint density at radius 1 is 1.55 bits per heavy atom. The lowest BCUT2D eigenvalue weighted by atomic mass is 10.0. The fourth-order valence-electron chi connectivity index (χ4n) is 2.04. The van der Waals surface area contributed by atoms with Crippen LogP contribution in [0.25, 0.3) is 10.6 Å². The minimum Gasteiger partial charge on any atom is -0.349 e. The lowest BCUT2D eigenvalue weighted by Gasteiger charge is -2.31. The molecule has 0 radical (unpaired) electrons. The summed E-state index contributed by atoms with van der Waals surface area (Å²) in [5.74, 6) is 2.75. The quantitative estimate of drug-likeness (QED) is 0.906. The van der Waals surface area contributed by atoms with E-state index < -0.39 is 0 Å². The Morgan fingerprint density at radius 2 is 2.35 bits per heavy atom. The van der Waals surface area contributed by atoms with Crippen molar-refractivity contribution in [3.05, 3.63) is 28.2 Å². The summed E-state index contributed by atoms with van der Waals surface area (Å²) in [6.45, 7) is 2.06. The number of hydrogen-bond donors (Lipinski definition) is 2. The van der Waals surface area contributed by atoms with Crippen LogP contribution < -0.4 is 5.32 Å². The normalized spacial score (nSPS) is 16.7. The van der Waals surface area contributed by atoms with Gasteiger partial charge >= 0.3 is 0 Å². The Kier molecular flexibility index (Phi) is 4.05. The first-order valence-corrected chi connectivity index (χ1v) is 8.67. The molecule has 0 saturated carbocycles. The molecule has 1 amide bonds. The van der Waals surface area contributed by atoms with E-state index >= 15 is 0 Å². The van der Waals surface area contributed by atoms with Crippen molar-refractivity contribution in [3.63, 3.8) is 0 Å². The van der Waals surface area contributed by atoms with Crippen LogP contribution in [0.5, 0.6) is 0 Å². The Bertz CT molecular complexity index is 621. The Morgan fingerprint density at radius 3 is 2.95 bits per heavy atom. The highest BCUT2D eigenvalue weighted by Gasteiger charge is 2.27. The summed E-state index contributed by atoms with van der Waals surface area (Å²) in [4.78, 5) is 13.3. The van der Waals surface area contributed by atoms with Gasteiger partial charge in [-0.25, -0.2) is 0 Å². The third kappa shape index (κ3) is 2.73. The Hall–Kier alpha value is -0.980. The van der Waals surface area contributed by atoms with E-state index in [1.54, 1.807) is 6.20 Å². The second kappa shape index (κ2) is 5.79. The van der Waals surface area contributed by atoms with E-state index in [1.165, 1.54) is 11.3 Å². The van der Waals surface area contributed by atoms with Crippen LogP contribution in [0.1, 0.15) is 17.3 Å². The lowest BCUT2D eigenvalue weighted by molar-refractivity contribution is 0.0931. The molecular formula is C13H14ClN3OS2. The van der Waals surface area contributed by atoms with Crippen LogP contribution in [0.4, 0.5) is 0 Å². The SMILES string of the molecule is CC(NC(=O)c1cn[nH]c1-c1ccc(Cl)s1)C1CSC1. The van der Waals surface area contributed by atoms with Crippen LogP contribution in [0.15, 0.2) is 18.3 Å². The predicted octanol–water partition coefficient (Wildman–Crippen LogP) is 3.27. The zero-order chi connectivity index (χ0) is 14.1. The van der Waals surface area contributed by atoms with E-state index in [-0.39, 0.29) is 11.9 Å². The number of carbonyl (C=O) groups excluding carboxylic acids is 1. The number of hydrogen-bond acceptors (Lipinski definition) is 4. The topological polar surface area (TPSA) is 57.8 Å². The van der Waals surface area contributed by atoms with Gasteiger partial charge in [-0.2, -0.15) is 16.9 Å². The van der Waals surface area contributed by atoms with Gasteiger partial charge in [0.25, 0.3) is 5.91 Å². The molecule has 0 aliphatic carbocycles. The number of nitrogens with one attached hydrogen (secondary N) is 2. The molecule has 7 heteroatoms. The van der Waals surface area contributed by atoms with Gasteiger partial charge in [0.2, 0.25) is 0 Å². The predicted molar refractivity (Wildman–Crippen MR) is 84.7 cm³/mol. The summed E-state index contributed by atoms with van der Waals surface area (Å²) in [7, 11) is 0. The maximum absolute atomic E-state index is 12.4. The maximum Gasteiger partial charge on any atom is 0.255 e. The second-order valence-electron chi connectivity index (χ2n) is 4.82. The number of nitrogens with zero attached hydrogens (tertiary/aromatic N) is 1. The van der Waals surface area contributed by atoms with Crippen LogP contribution in [0.3, 0.4) is 0 Å².